The number of thioether (sulfide) groups is 1. The minimum absolute atomic E-state index is 0.133. The first-order chi connectivity index (χ1) is 8.12. The third-order valence-corrected chi connectivity index (χ3v) is 6.19. The van der Waals surface area contributed by atoms with Crippen LogP contribution < -0.4 is 5.32 Å². The van der Waals surface area contributed by atoms with Crippen molar-refractivity contribution in [3.8, 4) is 0 Å². The molecule has 3 fully saturated rings. The van der Waals surface area contributed by atoms with Gasteiger partial charge in [0.05, 0.1) is 4.75 Å². The van der Waals surface area contributed by atoms with Crippen LogP contribution in [0.1, 0.15) is 33.1 Å². The lowest BCUT2D eigenvalue weighted by atomic mass is 10.0. The predicted molar refractivity (Wildman–Crippen MR) is 71.2 cm³/mol. The van der Waals surface area contributed by atoms with Crippen LogP contribution in [0.25, 0.3) is 0 Å². The second-order valence-electron chi connectivity index (χ2n) is 5.97. The Bertz CT molecular complexity index is 327. The minimum Gasteiger partial charge on any atom is -0.334 e. The molecule has 0 saturated carbocycles. The summed E-state index contributed by atoms with van der Waals surface area (Å²) in [4.78, 5) is 15.0. The lowest BCUT2D eigenvalue weighted by molar-refractivity contribution is -0.136. The smallest absolute Gasteiger partial charge is 0.239 e. The molecule has 0 spiro atoms. The van der Waals surface area contributed by atoms with Crippen LogP contribution in [0.15, 0.2) is 0 Å². The van der Waals surface area contributed by atoms with E-state index in [9.17, 15) is 4.79 Å². The third kappa shape index (κ3) is 1.80. The largest absolute Gasteiger partial charge is 0.334 e. The fourth-order valence-corrected chi connectivity index (χ4v) is 4.99. The first-order valence-corrected chi connectivity index (χ1v) is 7.78. The number of amides is 1. The number of fused-ring (bicyclic) bond motifs is 1. The monoisotopic (exact) mass is 254 g/mol. The van der Waals surface area contributed by atoms with Gasteiger partial charge in [0, 0.05) is 25.2 Å². The number of nitrogens with one attached hydrogen (secondary N) is 1. The lowest BCUT2D eigenvalue weighted by Gasteiger charge is -2.34. The predicted octanol–water partition coefficient (Wildman–Crippen LogP) is 1.48. The summed E-state index contributed by atoms with van der Waals surface area (Å²) in [5.74, 6) is 2.25. The second-order valence-corrected chi connectivity index (χ2v) is 7.56. The van der Waals surface area contributed by atoms with Gasteiger partial charge in [0.1, 0.15) is 0 Å². The Hall–Kier alpha value is -0.220. The molecule has 4 heteroatoms. The van der Waals surface area contributed by atoms with Crippen LogP contribution in [0, 0.1) is 5.92 Å². The van der Waals surface area contributed by atoms with Crippen LogP contribution >= 0.6 is 11.8 Å². The van der Waals surface area contributed by atoms with Gasteiger partial charge in [-0.05, 0) is 44.8 Å². The zero-order valence-corrected chi connectivity index (χ0v) is 11.6. The van der Waals surface area contributed by atoms with E-state index in [-0.39, 0.29) is 4.75 Å². The Morgan fingerprint density at radius 2 is 2.29 bits per heavy atom. The summed E-state index contributed by atoms with van der Waals surface area (Å²) >= 11 is 1.86. The average molecular weight is 254 g/mol. The van der Waals surface area contributed by atoms with Gasteiger partial charge in [-0.25, -0.2) is 0 Å². The second kappa shape index (κ2) is 4.16. The standard InChI is InChI=1S/C13H22N2OS/c1-9-6-10-7-14-8-11(10)15(9)12(16)13(2)4-3-5-17-13/h9-11,14H,3-8H2,1-2H3. The molecule has 3 aliphatic rings. The highest BCUT2D eigenvalue weighted by Gasteiger charge is 2.49. The Morgan fingerprint density at radius 3 is 3.00 bits per heavy atom. The lowest BCUT2D eigenvalue weighted by Crippen LogP contribution is -2.50. The molecule has 0 bridgehead atoms. The molecule has 3 aliphatic heterocycles. The van der Waals surface area contributed by atoms with Crippen molar-refractivity contribution >= 4 is 17.7 Å². The van der Waals surface area contributed by atoms with E-state index in [0.717, 1.165) is 25.3 Å². The van der Waals surface area contributed by atoms with Gasteiger partial charge < -0.3 is 10.2 Å². The SMILES string of the molecule is CC1CC2CNCC2N1C(=O)C1(C)CCCS1. The molecule has 1 amide bonds. The van der Waals surface area contributed by atoms with E-state index in [0.29, 0.717) is 23.9 Å². The van der Waals surface area contributed by atoms with E-state index in [4.69, 9.17) is 0 Å². The van der Waals surface area contributed by atoms with E-state index in [1.807, 2.05) is 11.8 Å². The van der Waals surface area contributed by atoms with E-state index >= 15 is 0 Å². The maximum Gasteiger partial charge on any atom is 0.239 e. The molecule has 3 rings (SSSR count). The molecule has 3 saturated heterocycles. The van der Waals surface area contributed by atoms with Gasteiger partial charge >= 0.3 is 0 Å². The molecule has 4 unspecified atom stereocenters. The summed E-state index contributed by atoms with van der Waals surface area (Å²) in [6.45, 7) is 6.47. The fourth-order valence-electron chi connectivity index (χ4n) is 3.74. The van der Waals surface area contributed by atoms with Crippen molar-refractivity contribution in [1.29, 1.82) is 0 Å². The molecule has 0 aliphatic carbocycles. The summed E-state index contributed by atoms with van der Waals surface area (Å²) in [6.07, 6.45) is 3.44. The first kappa shape index (κ1) is 11.8. The number of rotatable bonds is 1. The van der Waals surface area contributed by atoms with E-state index < -0.39 is 0 Å². The topological polar surface area (TPSA) is 32.3 Å². The molecule has 17 heavy (non-hydrogen) atoms. The highest BCUT2D eigenvalue weighted by molar-refractivity contribution is 8.01. The minimum atomic E-state index is -0.133. The van der Waals surface area contributed by atoms with Crippen molar-refractivity contribution in [2.75, 3.05) is 18.8 Å². The Kier molecular flexibility index (Phi) is 2.90. The van der Waals surface area contributed by atoms with Gasteiger partial charge in [0.15, 0.2) is 0 Å². The highest BCUT2D eigenvalue weighted by Crippen LogP contribution is 2.42. The van der Waals surface area contributed by atoms with Gasteiger partial charge in [-0.1, -0.05) is 0 Å². The van der Waals surface area contributed by atoms with Crippen LogP contribution in [0.3, 0.4) is 0 Å². The first-order valence-electron chi connectivity index (χ1n) is 6.79. The van der Waals surface area contributed by atoms with E-state index in [1.165, 1.54) is 12.8 Å². The quantitative estimate of drug-likeness (QED) is 0.769. The molecular formula is C13H22N2OS. The summed E-state index contributed by atoms with van der Waals surface area (Å²) in [7, 11) is 0. The summed E-state index contributed by atoms with van der Waals surface area (Å²) in [5.41, 5.74) is 0. The number of hydrogen-bond donors (Lipinski definition) is 1. The molecule has 3 nitrogen and oxygen atoms in total. The zero-order valence-electron chi connectivity index (χ0n) is 10.7. The van der Waals surface area contributed by atoms with Gasteiger partial charge in [-0.15, -0.1) is 11.8 Å². The number of likely N-dealkylation sites (tertiary alicyclic amines) is 1. The van der Waals surface area contributed by atoms with Crippen molar-refractivity contribution in [2.24, 2.45) is 5.92 Å². The Morgan fingerprint density at radius 1 is 1.47 bits per heavy atom. The molecule has 0 aromatic rings. The number of carbonyl (C=O) groups is 1. The molecule has 3 heterocycles. The zero-order chi connectivity index (χ0) is 12.0. The van der Waals surface area contributed by atoms with Gasteiger partial charge in [-0.3, -0.25) is 4.79 Å². The maximum atomic E-state index is 12.8. The van der Waals surface area contributed by atoms with Gasteiger partial charge in [0.2, 0.25) is 5.91 Å². The Balaban J connectivity index is 1.80. The van der Waals surface area contributed by atoms with Crippen molar-refractivity contribution in [3.05, 3.63) is 0 Å². The third-order valence-electron chi connectivity index (χ3n) is 4.69. The van der Waals surface area contributed by atoms with Crippen molar-refractivity contribution < 1.29 is 4.79 Å². The van der Waals surface area contributed by atoms with Crippen LogP contribution in [-0.4, -0.2) is 46.5 Å². The molecule has 0 radical (unpaired) electrons. The summed E-state index contributed by atoms with van der Waals surface area (Å²) < 4.78 is -0.133. The number of hydrogen-bond acceptors (Lipinski definition) is 3. The molecule has 96 valence electrons. The highest BCUT2D eigenvalue weighted by atomic mass is 32.2. The van der Waals surface area contributed by atoms with Crippen LogP contribution in [0.4, 0.5) is 0 Å². The number of carbonyl (C=O) groups excluding carboxylic acids is 1. The maximum absolute atomic E-state index is 12.8. The van der Waals surface area contributed by atoms with Gasteiger partial charge in [-0.2, -0.15) is 0 Å². The Labute approximate surface area is 108 Å². The number of nitrogens with zero attached hydrogens (tertiary/aromatic N) is 1. The molecule has 4 atom stereocenters. The van der Waals surface area contributed by atoms with E-state index in [1.54, 1.807) is 0 Å². The fraction of sp³-hybridized carbons (Fsp3) is 0.923. The van der Waals surface area contributed by atoms with Crippen molar-refractivity contribution in [1.82, 2.24) is 10.2 Å². The van der Waals surface area contributed by atoms with Gasteiger partial charge in [0.25, 0.3) is 0 Å². The van der Waals surface area contributed by atoms with E-state index in [2.05, 4.69) is 24.1 Å². The summed E-state index contributed by atoms with van der Waals surface area (Å²) in [6, 6.07) is 0.910. The molecule has 1 N–H and O–H groups in total. The van der Waals surface area contributed by atoms with Crippen LogP contribution in [0.2, 0.25) is 0 Å². The normalized spacial score (nSPS) is 45.3. The molecule has 0 aromatic heterocycles. The molecule has 0 aromatic carbocycles. The summed E-state index contributed by atoms with van der Waals surface area (Å²) in [5, 5.41) is 3.43. The van der Waals surface area contributed by atoms with Crippen LogP contribution in [0.5, 0.6) is 0 Å². The van der Waals surface area contributed by atoms with Crippen molar-refractivity contribution in [3.63, 3.8) is 0 Å². The van der Waals surface area contributed by atoms with Crippen LogP contribution in [-0.2, 0) is 4.79 Å². The average Bonchev–Trinajstić information content (AvgIpc) is 2.93. The van der Waals surface area contributed by atoms with Crippen molar-refractivity contribution in [2.45, 2.75) is 49.9 Å². The molecular weight excluding hydrogens is 232 g/mol.